The summed E-state index contributed by atoms with van der Waals surface area (Å²) < 4.78 is 7.39. The van der Waals surface area contributed by atoms with Gasteiger partial charge in [-0.2, -0.15) is 0 Å². The topological polar surface area (TPSA) is 22.1 Å². The van der Waals surface area contributed by atoms with E-state index in [1.165, 1.54) is 0 Å². The molecule has 0 fully saturated rings. The number of benzene rings is 1. The van der Waals surface area contributed by atoms with Gasteiger partial charge in [0.15, 0.2) is 0 Å². The van der Waals surface area contributed by atoms with Gasteiger partial charge in [0, 0.05) is 15.1 Å². The SMILES string of the molecule is Clc1ccc(Br)cc1Oc1cncc(Br)c1. The van der Waals surface area contributed by atoms with Crippen molar-refractivity contribution in [1.82, 2.24) is 4.98 Å². The second kappa shape index (κ2) is 5.17. The fourth-order valence-electron chi connectivity index (χ4n) is 1.13. The average molecular weight is 363 g/mol. The van der Waals surface area contributed by atoms with Crippen LogP contribution < -0.4 is 4.74 Å². The number of pyridine rings is 1. The van der Waals surface area contributed by atoms with Gasteiger partial charge < -0.3 is 4.74 Å². The molecule has 2 rings (SSSR count). The molecule has 0 spiro atoms. The van der Waals surface area contributed by atoms with Crippen LogP contribution in [0.2, 0.25) is 5.02 Å². The maximum absolute atomic E-state index is 6.01. The van der Waals surface area contributed by atoms with Gasteiger partial charge in [-0.1, -0.05) is 27.5 Å². The van der Waals surface area contributed by atoms with E-state index >= 15 is 0 Å². The Morgan fingerprint density at radius 1 is 1.06 bits per heavy atom. The van der Waals surface area contributed by atoms with Gasteiger partial charge in [-0.25, -0.2) is 0 Å². The Kier molecular flexibility index (Phi) is 3.84. The van der Waals surface area contributed by atoms with Crippen LogP contribution in [0.1, 0.15) is 0 Å². The van der Waals surface area contributed by atoms with E-state index in [2.05, 4.69) is 36.8 Å². The summed E-state index contributed by atoms with van der Waals surface area (Å²) >= 11 is 12.7. The van der Waals surface area contributed by atoms with Gasteiger partial charge in [0.2, 0.25) is 0 Å². The van der Waals surface area contributed by atoms with Crippen molar-refractivity contribution in [3.63, 3.8) is 0 Å². The predicted molar refractivity (Wildman–Crippen MR) is 71.2 cm³/mol. The molecule has 0 unspecified atom stereocenters. The number of halogens is 3. The molecule has 1 aromatic carbocycles. The summed E-state index contributed by atoms with van der Waals surface area (Å²) in [5, 5.41) is 0.558. The fraction of sp³-hybridized carbons (Fsp3) is 0. The summed E-state index contributed by atoms with van der Waals surface area (Å²) in [5.41, 5.74) is 0. The Morgan fingerprint density at radius 3 is 2.62 bits per heavy atom. The number of ether oxygens (including phenoxy) is 1. The van der Waals surface area contributed by atoms with Crippen molar-refractivity contribution in [2.24, 2.45) is 0 Å². The quantitative estimate of drug-likeness (QED) is 0.745. The third-order valence-electron chi connectivity index (χ3n) is 1.80. The summed E-state index contributed by atoms with van der Waals surface area (Å²) in [6, 6.07) is 7.26. The van der Waals surface area contributed by atoms with E-state index in [1.807, 2.05) is 18.2 Å². The minimum Gasteiger partial charge on any atom is -0.454 e. The van der Waals surface area contributed by atoms with Crippen LogP contribution in [-0.2, 0) is 0 Å². The molecule has 0 bridgehead atoms. The van der Waals surface area contributed by atoms with E-state index in [9.17, 15) is 0 Å². The van der Waals surface area contributed by atoms with Crippen LogP contribution in [0.5, 0.6) is 11.5 Å². The van der Waals surface area contributed by atoms with Crippen molar-refractivity contribution >= 4 is 43.5 Å². The van der Waals surface area contributed by atoms with Crippen molar-refractivity contribution in [3.05, 3.63) is 50.6 Å². The summed E-state index contributed by atoms with van der Waals surface area (Å²) in [4.78, 5) is 4.01. The molecule has 0 saturated carbocycles. The smallest absolute Gasteiger partial charge is 0.147 e. The van der Waals surface area contributed by atoms with E-state index in [-0.39, 0.29) is 0 Å². The van der Waals surface area contributed by atoms with Crippen LogP contribution >= 0.6 is 43.5 Å². The molecule has 0 aliphatic carbocycles. The lowest BCUT2D eigenvalue weighted by atomic mass is 10.3. The van der Waals surface area contributed by atoms with E-state index in [0.29, 0.717) is 16.5 Å². The number of hydrogen-bond acceptors (Lipinski definition) is 2. The van der Waals surface area contributed by atoms with E-state index in [0.717, 1.165) is 8.95 Å². The van der Waals surface area contributed by atoms with E-state index in [1.54, 1.807) is 18.5 Å². The molecular formula is C11H6Br2ClNO. The Morgan fingerprint density at radius 2 is 1.88 bits per heavy atom. The maximum atomic E-state index is 6.01. The van der Waals surface area contributed by atoms with Gasteiger partial charge in [0.1, 0.15) is 11.5 Å². The number of hydrogen-bond donors (Lipinski definition) is 0. The highest BCUT2D eigenvalue weighted by atomic mass is 79.9. The maximum Gasteiger partial charge on any atom is 0.147 e. The number of aromatic nitrogens is 1. The summed E-state index contributed by atoms with van der Waals surface area (Å²) in [5.74, 6) is 1.23. The summed E-state index contributed by atoms with van der Waals surface area (Å²) in [7, 11) is 0. The molecule has 0 N–H and O–H groups in total. The standard InChI is InChI=1S/C11H6Br2ClNO/c12-7-1-2-10(14)11(4-7)16-9-3-8(13)5-15-6-9/h1-6H. The molecule has 0 aliphatic heterocycles. The molecule has 1 heterocycles. The molecule has 1 aromatic heterocycles. The first-order valence-corrected chi connectivity index (χ1v) is 6.35. The zero-order chi connectivity index (χ0) is 11.5. The van der Waals surface area contributed by atoms with Crippen molar-refractivity contribution in [2.45, 2.75) is 0 Å². The van der Waals surface area contributed by atoms with Gasteiger partial charge in [-0.05, 0) is 40.2 Å². The van der Waals surface area contributed by atoms with Crippen LogP contribution in [0.4, 0.5) is 0 Å². The normalized spacial score (nSPS) is 10.2. The molecule has 5 heteroatoms. The molecule has 0 radical (unpaired) electrons. The van der Waals surface area contributed by atoms with Gasteiger partial charge >= 0.3 is 0 Å². The lowest BCUT2D eigenvalue weighted by molar-refractivity contribution is 0.480. The molecule has 0 atom stereocenters. The summed E-state index contributed by atoms with van der Waals surface area (Å²) in [6.45, 7) is 0. The average Bonchev–Trinajstić information content (AvgIpc) is 2.24. The second-order valence-electron chi connectivity index (χ2n) is 3.02. The molecule has 0 amide bonds. The zero-order valence-corrected chi connectivity index (χ0v) is 11.9. The molecule has 0 saturated heterocycles. The molecule has 16 heavy (non-hydrogen) atoms. The van der Waals surface area contributed by atoms with E-state index < -0.39 is 0 Å². The van der Waals surface area contributed by atoms with Gasteiger partial charge in [0.25, 0.3) is 0 Å². The molecule has 2 nitrogen and oxygen atoms in total. The van der Waals surface area contributed by atoms with Crippen LogP contribution in [0.25, 0.3) is 0 Å². The second-order valence-corrected chi connectivity index (χ2v) is 5.25. The van der Waals surface area contributed by atoms with Crippen LogP contribution in [0.15, 0.2) is 45.6 Å². The van der Waals surface area contributed by atoms with E-state index in [4.69, 9.17) is 16.3 Å². The van der Waals surface area contributed by atoms with Crippen molar-refractivity contribution in [3.8, 4) is 11.5 Å². The lowest BCUT2D eigenvalue weighted by Gasteiger charge is -2.07. The van der Waals surface area contributed by atoms with Crippen molar-refractivity contribution in [1.29, 1.82) is 0 Å². The number of rotatable bonds is 2. The first kappa shape index (κ1) is 11.9. The largest absolute Gasteiger partial charge is 0.454 e. The van der Waals surface area contributed by atoms with Gasteiger partial charge in [0.05, 0.1) is 11.2 Å². The highest BCUT2D eigenvalue weighted by Gasteiger charge is 2.04. The lowest BCUT2D eigenvalue weighted by Crippen LogP contribution is -1.86. The van der Waals surface area contributed by atoms with Gasteiger partial charge in [-0.3, -0.25) is 4.98 Å². The minimum atomic E-state index is 0.558. The highest BCUT2D eigenvalue weighted by molar-refractivity contribution is 9.10. The molecule has 0 aliphatic rings. The van der Waals surface area contributed by atoms with Gasteiger partial charge in [-0.15, -0.1) is 0 Å². The predicted octanol–water partition coefficient (Wildman–Crippen LogP) is 5.05. The first-order chi connectivity index (χ1) is 7.65. The highest BCUT2D eigenvalue weighted by Crippen LogP contribution is 2.32. The Hall–Kier alpha value is -0.580. The Balaban J connectivity index is 2.30. The molecular weight excluding hydrogens is 357 g/mol. The number of nitrogens with zero attached hydrogens (tertiary/aromatic N) is 1. The van der Waals surface area contributed by atoms with Crippen molar-refractivity contribution < 1.29 is 4.74 Å². The monoisotopic (exact) mass is 361 g/mol. The minimum absolute atomic E-state index is 0.558. The van der Waals surface area contributed by atoms with Crippen LogP contribution in [-0.4, -0.2) is 4.98 Å². The Labute approximate surface area is 115 Å². The third-order valence-corrected chi connectivity index (χ3v) is 3.04. The molecule has 82 valence electrons. The third kappa shape index (κ3) is 2.97. The van der Waals surface area contributed by atoms with Crippen LogP contribution in [0, 0.1) is 0 Å². The van der Waals surface area contributed by atoms with Crippen LogP contribution in [0.3, 0.4) is 0 Å². The first-order valence-electron chi connectivity index (χ1n) is 4.38. The summed E-state index contributed by atoms with van der Waals surface area (Å²) in [6.07, 6.45) is 3.32. The zero-order valence-electron chi connectivity index (χ0n) is 7.95. The van der Waals surface area contributed by atoms with Crippen molar-refractivity contribution in [2.75, 3.05) is 0 Å². The Bertz CT molecular complexity index is 519. The fourth-order valence-corrected chi connectivity index (χ4v) is 1.97. The molecule has 2 aromatic rings.